The topological polar surface area (TPSA) is 446 Å². The number of hydrogen-bond donors (Lipinski definition) is 14. The number of aliphatic hydroxyl groups excluding tert-OH is 2. The zero-order valence-corrected chi connectivity index (χ0v) is 41.4. The maximum atomic E-state index is 14.3. The minimum Gasteiger partial charge on any atom is -0.508 e. The number of nitrogens with zero attached hydrogens (tertiary/aromatic N) is 2. The quantitative estimate of drug-likeness (QED) is 0.0399. The lowest BCUT2D eigenvalue weighted by atomic mass is 10.0. The molecule has 0 unspecified atom stereocenters. The highest BCUT2D eigenvalue weighted by Gasteiger charge is 2.44. The summed E-state index contributed by atoms with van der Waals surface area (Å²) >= 11 is 0. The number of aliphatic hydroxyl groups is 2. The van der Waals surface area contributed by atoms with Crippen LogP contribution in [-0.4, -0.2) is 181 Å². The molecule has 4 rings (SSSR count). The fraction of sp³-hybridized carbons (Fsp3) is 0.521. The van der Waals surface area contributed by atoms with Crippen molar-refractivity contribution in [2.24, 2.45) is 17.2 Å². The van der Waals surface area contributed by atoms with Gasteiger partial charge in [0.1, 0.15) is 53.8 Å². The first-order valence-electron chi connectivity index (χ1n) is 24.2. The van der Waals surface area contributed by atoms with Crippen molar-refractivity contribution in [1.29, 1.82) is 0 Å². The van der Waals surface area contributed by atoms with Crippen molar-refractivity contribution in [2.75, 3.05) is 19.7 Å². The van der Waals surface area contributed by atoms with Crippen molar-refractivity contribution >= 4 is 65.0 Å². The Balaban J connectivity index is 1.53. The van der Waals surface area contributed by atoms with E-state index in [1.165, 1.54) is 72.2 Å². The Morgan fingerprint density at radius 1 is 0.600 bits per heavy atom. The maximum Gasteiger partial charge on any atom is 0.328 e. The largest absolute Gasteiger partial charge is 0.508 e. The van der Waals surface area contributed by atoms with Gasteiger partial charge in [0.2, 0.25) is 59.1 Å². The highest BCUT2D eigenvalue weighted by Crippen LogP contribution is 2.26. The summed E-state index contributed by atoms with van der Waals surface area (Å²) in [7, 11) is 0. The van der Waals surface area contributed by atoms with Crippen LogP contribution in [-0.2, 0) is 65.6 Å². The van der Waals surface area contributed by atoms with E-state index < -0.39 is 139 Å². The van der Waals surface area contributed by atoms with Gasteiger partial charge in [-0.3, -0.25) is 47.9 Å². The summed E-state index contributed by atoms with van der Waals surface area (Å²) < 4.78 is 0. The second-order valence-corrected chi connectivity index (χ2v) is 18.5. The number of phenols is 2. The van der Waals surface area contributed by atoms with Crippen molar-refractivity contribution in [3.63, 3.8) is 0 Å². The molecule has 75 heavy (non-hydrogen) atoms. The minimum absolute atomic E-state index is 0.0888. The van der Waals surface area contributed by atoms with Gasteiger partial charge < -0.3 is 84.4 Å². The molecule has 17 N–H and O–H groups in total. The first-order valence-corrected chi connectivity index (χ1v) is 24.2. The molecular weight excluding hydrogens is 987 g/mol. The van der Waals surface area contributed by atoms with Gasteiger partial charge in [-0.15, -0.1) is 0 Å². The molecule has 2 aromatic rings. The second kappa shape index (κ2) is 28.0. The van der Waals surface area contributed by atoms with Crippen molar-refractivity contribution < 1.29 is 78.3 Å². The molecule has 410 valence electrons. The molecule has 2 aromatic carbocycles. The molecule has 10 amide bonds. The van der Waals surface area contributed by atoms with Crippen LogP contribution >= 0.6 is 0 Å². The molecular formula is C48H67N11O16. The molecule has 27 nitrogen and oxygen atoms in total. The Bertz CT molecular complexity index is 2410. The summed E-state index contributed by atoms with van der Waals surface area (Å²) in [5.74, 6) is -10.4. The third-order valence-corrected chi connectivity index (χ3v) is 12.6. The standard InChI is InChI=1S/C48H67N11O16/c1-24(46(72)59-20-4-6-36(59)47(73)58-19-3-5-35(58)45(71)57-39(25(2)61)48(74)75)52-44(70)34(23-60)56-43(69)33(22-27-9-13-29(63)14-10-27)55-42(68)32(21-26-7-11-28(62)12-8-26)54-41(67)31(16-18-38(51)65)53-40(66)30(49)15-17-37(50)64/h7-14,24-25,30-36,39,60-63H,3-6,15-23,49H2,1-2H3,(H2,50,64)(H2,51,65)(H,52,70)(H,53,66)(H,54,67)(H,55,68)(H,56,69)(H,57,71)(H,74,75)/t24-,25+,30-,31-,32-,33-,34-,35-,36-,39-/m0/s1. The van der Waals surface area contributed by atoms with E-state index >= 15 is 0 Å². The van der Waals surface area contributed by atoms with Gasteiger partial charge in [0.15, 0.2) is 6.04 Å². The highest BCUT2D eigenvalue weighted by atomic mass is 16.4. The molecule has 0 saturated carbocycles. The van der Waals surface area contributed by atoms with E-state index in [0.717, 1.165) is 0 Å². The molecule has 0 bridgehead atoms. The zero-order chi connectivity index (χ0) is 55.7. The molecule has 27 heteroatoms. The molecule has 2 fully saturated rings. The molecule has 10 atom stereocenters. The van der Waals surface area contributed by atoms with Crippen LogP contribution in [0.4, 0.5) is 0 Å². The summed E-state index contributed by atoms with van der Waals surface area (Å²) in [4.78, 5) is 147. The molecule has 2 saturated heterocycles. The molecule has 0 aliphatic carbocycles. The van der Waals surface area contributed by atoms with Crippen molar-refractivity contribution in [3.05, 3.63) is 59.7 Å². The third kappa shape index (κ3) is 17.6. The Morgan fingerprint density at radius 2 is 1.04 bits per heavy atom. The average molecular weight is 1050 g/mol. The van der Waals surface area contributed by atoms with Crippen LogP contribution in [0.1, 0.15) is 76.3 Å². The Kier molecular flexibility index (Phi) is 22.2. The van der Waals surface area contributed by atoms with Gasteiger partial charge in [-0.2, -0.15) is 0 Å². The van der Waals surface area contributed by atoms with Crippen LogP contribution in [0.25, 0.3) is 0 Å². The molecule has 0 radical (unpaired) electrons. The van der Waals surface area contributed by atoms with E-state index in [1.807, 2.05) is 0 Å². The van der Waals surface area contributed by atoms with Gasteiger partial charge in [0.25, 0.3) is 0 Å². The van der Waals surface area contributed by atoms with Crippen LogP contribution in [0.15, 0.2) is 48.5 Å². The lowest BCUT2D eigenvalue weighted by molar-refractivity contribution is -0.149. The van der Waals surface area contributed by atoms with E-state index in [2.05, 4.69) is 31.9 Å². The maximum absolute atomic E-state index is 14.3. The number of carbonyl (C=O) groups excluding carboxylic acids is 10. The predicted octanol–water partition coefficient (Wildman–Crippen LogP) is -4.89. The third-order valence-electron chi connectivity index (χ3n) is 12.6. The van der Waals surface area contributed by atoms with E-state index in [0.29, 0.717) is 24.0 Å². The number of phenolic OH excluding ortho intramolecular Hbond substituents is 2. The second-order valence-electron chi connectivity index (χ2n) is 18.5. The molecule has 0 aromatic heterocycles. The van der Waals surface area contributed by atoms with Crippen molar-refractivity contribution in [3.8, 4) is 11.5 Å². The number of nitrogens with two attached hydrogens (primary N) is 3. The Morgan fingerprint density at radius 3 is 1.52 bits per heavy atom. The number of aromatic hydroxyl groups is 2. The lowest BCUT2D eigenvalue weighted by Gasteiger charge is -2.33. The number of primary amides is 2. The van der Waals surface area contributed by atoms with Crippen molar-refractivity contribution in [2.45, 2.75) is 139 Å². The van der Waals surface area contributed by atoms with Gasteiger partial charge in [-0.1, -0.05) is 24.3 Å². The van der Waals surface area contributed by atoms with Crippen LogP contribution < -0.4 is 49.1 Å². The number of amides is 10. The molecule has 2 aliphatic heterocycles. The summed E-state index contributed by atoms with van der Waals surface area (Å²) in [5.41, 5.74) is 17.2. The summed E-state index contributed by atoms with van der Waals surface area (Å²) in [6.07, 6.45) is -2.08. The molecule has 0 spiro atoms. The fourth-order valence-electron chi connectivity index (χ4n) is 8.47. The smallest absolute Gasteiger partial charge is 0.328 e. The SMILES string of the molecule is C[C@H](NC(=O)[C@H](CO)NC(=O)[C@H](Cc1ccc(O)cc1)NC(=O)[C@H](Cc1ccc(O)cc1)NC(=O)[C@H](CCC(N)=O)NC(=O)[C@@H](N)CCC(N)=O)C(=O)N1CCC[C@H]1C(=O)N1CCC[C@H]1C(=O)N[C@H](C(=O)O)[C@@H](C)O. The normalized spacial score (nSPS) is 18.4. The number of carboxylic acid groups (broad SMARTS) is 1. The van der Waals surface area contributed by atoms with E-state index in [4.69, 9.17) is 17.2 Å². The van der Waals surface area contributed by atoms with Gasteiger partial charge in [-0.25, -0.2) is 4.79 Å². The number of rotatable bonds is 27. The number of nitrogens with one attached hydrogen (secondary N) is 6. The minimum atomic E-state index is -1.75. The first kappa shape index (κ1) is 59.7. The van der Waals surface area contributed by atoms with Gasteiger partial charge in [-0.05, 0) is 87.8 Å². The fourth-order valence-corrected chi connectivity index (χ4v) is 8.47. The van der Waals surface area contributed by atoms with Crippen LogP contribution in [0.3, 0.4) is 0 Å². The summed E-state index contributed by atoms with van der Waals surface area (Å²) in [6.45, 7) is 1.69. The Hall–Kier alpha value is -7.91. The van der Waals surface area contributed by atoms with Gasteiger partial charge >= 0.3 is 5.97 Å². The van der Waals surface area contributed by atoms with Gasteiger partial charge in [0, 0.05) is 38.8 Å². The first-order chi connectivity index (χ1) is 35.4. The Labute approximate surface area is 430 Å². The molecule has 2 heterocycles. The highest BCUT2D eigenvalue weighted by molar-refractivity contribution is 5.98. The summed E-state index contributed by atoms with van der Waals surface area (Å²) in [5, 5.41) is 64.1. The number of carbonyl (C=O) groups is 11. The zero-order valence-electron chi connectivity index (χ0n) is 41.4. The van der Waals surface area contributed by atoms with E-state index in [9.17, 15) is 78.3 Å². The number of likely N-dealkylation sites (tertiary alicyclic amines) is 2. The number of hydrogen-bond acceptors (Lipinski definition) is 16. The number of benzene rings is 2. The summed E-state index contributed by atoms with van der Waals surface area (Å²) in [6, 6.07) is -1.88. The predicted molar refractivity (Wildman–Crippen MR) is 262 cm³/mol. The lowest BCUT2D eigenvalue weighted by Crippen LogP contribution is -2.61. The van der Waals surface area contributed by atoms with Crippen molar-refractivity contribution in [1.82, 2.24) is 41.7 Å². The molecule has 2 aliphatic rings. The average Bonchev–Trinajstić information content (AvgIpc) is 4.07. The van der Waals surface area contributed by atoms with Crippen LogP contribution in [0.5, 0.6) is 11.5 Å². The monoisotopic (exact) mass is 1050 g/mol. The number of carboxylic acids is 1. The van der Waals surface area contributed by atoms with E-state index in [-0.39, 0.29) is 69.5 Å². The number of aliphatic carboxylic acids is 1. The van der Waals surface area contributed by atoms with Crippen LogP contribution in [0.2, 0.25) is 0 Å². The van der Waals surface area contributed by atoms with Crippen LogP contribution in [0, 0.1) is 0 Å². The van der Waals surface area contributed by atoms with E-state index in [1.54, 1.807) is 0 Å². The van der Waals surface area contributed by atoms with Gasteiger partial charge in [0.05, 0.1) is 18.8 Å².